The Morgan fingerprint density at radius 2 is 1.97 bits per heavy atom. The van der Waals surface area contributed by atoms with Crippen LogP contribution in [0.2, 0.25) is 0 Å². The van der Waals surface area contributed by atoms with Gasteiger partial charge in [0.05, 0.1) is 11.2 Å². The van der Waals surface area contributed by atoms with Gasteiger partial charge in [-0.05, 0) is 62.9 Å². The van der Waals surface area contributed by atoms with Crippen LogP contribution in [0.1, 0.15) is 47.2 Å². The zero-order valence-electron chi connectivity index (χ0n) is 17.9. The molecule has 2 saturated carbocycles. The highest BCUT2D eigenvalue weighted by molar-refractivity contribution is 5.95. The maximum absolute atomic E-state index is 14.7. The second kappa shape index (κ2) is 7.68. The number of carbonyl (C=O) groups is 1. The number of benzene rings is 2. The molecule has 3 N–H and O–H groups in total. The minimum atomic E-state index is -0.816. The first-order chi connectivity index (χ1) is 15.8. The van der Waals surface area contributed by atoms with E-state index in [9.17, 15) is 23.5 Å². The van der Waals surface area contributed by atoms with Crippen LogP contribution in [0.4, 0.5) is 14.6 Å². The van der Waals surface area contributed by atoms with E-state index in [4.69, 9.17) is 0 Å². The van der Waals surface area contributed by atoms with Crippen molar-refractivity contribution in [2.24, 2.45) is 0 Å². The number of hydrogen-bond donors (Lipinski definition) is 3. The molecule has 0 spiro atoms. The Hall–Kier alpha value is -3.75. The largest absolute Gasteiger partial charge is 0.508 e. The van der Waals surface area contributed by atoms with Crippen LogP contribution in [0.15, 0.2) is 47.5 Å². The fourth-order valence-electron chi connectivity index (χ4n) is 3.93. The van der Waals surface area contributed by atoms with Crippen molar-refractivity contribution in [3.63, 3.8) is 0 Å². The highest BCUT2D eigenvalue weighted by atomic mass is 19.1. The number of aromatic hydroxyl groups is 1. The number of rotatable bonds is 6. The smallest absolute Gasteiger partial charge is 0.297 e. The molecular weight excluding hydrogens is 430 g/mol. The fraction of sp³-hybridized carbons (Fsp3) is 0.292. The number of nitrogens with one attached hydrogen (secondary N) is 2. The Kier molecular flexibility index (Phi) is 4.92. The van der Waals surface area contributed by atoms with E-state index in [1.54, 1.807) is 0 Å². The van der Waals surface area contributed by atoms with Gasteiger partial charge in [-0.15, -0.1) is 0 Å². The number of phenols is 1. The lowest BCUT2D eigenvalue weighted by atomic mass is 10.0. The number of carbonyl (C=O) groups excluding carboxylic acids is 1. The van der Waals surface area contributed by atoms with Crippen LogP contribution < -0.4 is 16.2 Å². The molecule has 1 aromatic heterocycles. The Morgan fingerprint density at radius 3 is 2.67 bits per heavy atom. The second-order valence-electron chi connectivity index (χ2n) is 8.67. The number of aromatic nitrogens is 2. The van der Waals surface area contributed by atoms with E-state index in [2.05, 4.69) is 15.6 Å². The molecule has 0 unspecified atom stereocenters. The van der Waals surface area contributed by atoms with E-state index < -0.39 is 28.6 Å². The summed E-state index contributed by atoms with van der Waals surface area (Å²) in [5.41, 5.74) is -0.460. The van der Waals surface area contributed by atoms with Gasteiger partial charge in [0, 0.05) is 35.1 Å². The number of hydrogen-bond acceptors (Lipinski definition) is 5. The van der Waals surface area contributed by atoms with Gasteiger partial charge in [0.2, 0.25) is 0 Å². The van der Waals surface area contributed by atoms with Crippen molar-refractivity contribution in [3.8, 4) is 11.4 Å². The predicted molar refractivity (Wildman–Crippen MR) is 118 cm³/mol. The summed E-state index contributed by atoms with van der Waals surface area (Å²) in [5, 5.41) is 16.1. The average molecular weight is 452 g/mol. The first-order valence-corrected chi connectivity index (χ1v) is 10.7. The van der Waals surface area contributed by atoms with Crippen molar-refractivity contribution < 1.29 is 18.7 Å². The van der Waals surface area contributed by atoms with E-state index in [1.807, 2.05) is 0 Å². The summed E-state index contributed by atoms with van der Waals surface area (Å²) in [7, 11) is 0. The lowest BCUT2D eigenvalue weighted by Gasteiger charge is -2.20. The standard InChI is InChI=1S/C24H22F2N4O3/c1-13-18(26)10-14(22(32)28-16-3-4-16)11-19(13)30-9-8-27-21(23(30)33)29-24(6-7-24)17-12-15(25)2-5-20(17)31/h2,5,8-12,16,31H,3-4,6-7H2,1H3,(H,27,29)(H,28,32). The van der Waals surface area contributed by atoms with Crippen molar-refractivity contribution in [1.82, 2.24) is 14.9 Å². The molecule has 1 heterocycles. The van der Waals surface area contributed by atoms with Gasteiger partial charge in [-0.2, -0.15) is 0 Å². The van der Waals surface area contributed by atoms with Crippen molar-refractivity contribution in [2.75, 3.05) is 5.32 Å². The summed E-state index contributed by atoms with van der Waals surface area (Å²) in [4.78, 5) is 29.9. The Labute approximate surface area is 188 Å². The molecule has 0 radical (unpaired) electrons. The van der Waals surface area contributed by atoms with Gasteiger partial charge in [0.25, 0.3) is 11.5 Å². The zero-order chi connectivity index (χ0) is 23.3. The Bertz CT molecular complexity index is 1330. The van der Waals surface area contributed by atoms with Gasteiger partial charge in [0.1, 0.15) is 17.4 Å². The quantitative estimate of drug-likeness (QED) is 0.532. The van der Waals surface area contributed by atoms with Gasteiger partial charge in [-0.3, -0.25) is 14.2 Å². The van der Waals surface area contributed by atoms with Gasteiger partial charge in [0.15, 0.2) is 5.82 Å². The van der Waals surface area contributed by atoms with Gasteiger partial charge in [-0.25, -0.2) is 13.8 Å². The molecule has 5 rings (SSSR count). The topological polar surface area (TPSA) is 96.2 Å². The van der Waals surface area contributed by atoms with Crippen molar-refractivity contribution in [1.29, 1.82) is 0 Å². The lowest BCUT2D eigenvalue weighted by molar-refractivity contribution is 0.0950. The third kappa shape index (κ3) is 3.94. The van der Waals surface area contributed by atoms with Crippen molar-refractivity contribution >= 4 is 11.7 Å². The Morgan fingerprint density at radius 1 is 1.21 bits per heavy atom. The molecule has 0 saturated heterocycles. The van der Waals surface area contributed by atoms with E-state index >= 15 is 0 Å². The summed E-state index contributed by atoms with van der Waals surface area (Å²) in [6.07, 6.45) is 5.73. The molecule has 33 heavy (non-hydrogen) atoms. The third-order valence-electron chi connectivity index (χ3n) is 6.17. The van der Waals surface area contributed by atoms with Crippen LogP contribution in [-0.4, -0.2) is 26.6 Å². The predicted octanol–water partition coefficient (Wildman–Crippen LogP) is 3.52. The molecule has 2 aromatic carbocycles. The van der Waals surface area contributed by atoms with E-state index in [-0.39, 0.29) is 34.4 Å². The van der Waals surface area contributed by atoms with Crippen LogP contribution in [0, 0.1) is 18.6 Å². The Balaban J connectivity index is 1.52. The van der Waals surface area contributed by atoms with Crippen LogP contribution in [0.25, 0.3) is 5.69 Å². The normalized spacial score (nSPS) is 16.3. The number of amides is 1. The maximum atomic E-state index is 14.7. The minimum Gasteiger partial charge on any atom is -0.508 e. The van der Waals surface area contributed by atoms with Crippen molar-refractivity contribution in [3.05, 3.63) is 81.4 Å². The highest BCUT2D eigenvalue weighted by Gasteiger charge is 2.47. The second-order valence-corrected chi connectivity index (χ2v) is 8.67. The van der Waals surface area contributed by atoms with E-state index in [0.29, 0.717) is 18.4 Å². The van der Waals surface area contributed by atoms with Gasteiger partial charge < -0.3 is 15.7 Å². The van der Waals surface area contributed by atoms with Crippen LogP contribution in [0.5, 0.6) is 5.75 Å². The molecule has 0 aliphatic heterocycles. The first-order valence-electron chi connectivity index (χ1n) is 10.7. The average Bonchev–Trinajstić information content (AvgIpc) is 3.71. The molecule has 0 bridgehead atoms. The monoisotopic (exact) mass is 452 g/mol. The lowest BCUT2D eigenvalue weighted by Crippen LogP contribution is -2.29. The zero-order valence-corrected chi connectivity index (χ0v) is 17.9. The molecule has 7 nitrogen and oxygen atoms in total. The summed E-state index contributed by atoms with van der Waals surface area (Å²) >= 11 is 0. The maximum Gasteiger partial charge on any atom is 0.297 e. The van der Waals surface area contributed by atoms with Gasteiger partial charge >= 0.3 is 0 Å². The molecule has 2 aliphatic carbocycles. The molecule has 170 valence electrons. The van der Waals surface area contributed by atoms with Crippen LogP contribution >= 0.6 is 0 Å². The minimum absolute atomic E-state index is 0.0219. The molecule has 0 atom stereocenters. The number of phenolic OH excluding ortho intramolecular Hbond substituents is 1. The first kappa shape index (κ1) is 21.1. The SMILES string of the molecule is Cc1c(F)cc(C(=O)NC2CC2)cc1-n1ccnc(NC2(c3cc(F)ccc3O)CC2)c1=O. The van der Waals surface area contributed by atoms with Gasteiger partial charge in [-0.1, -0.05) is 0 Å². The fourth-order valence-corrected chi connectivity index (χ4v) is 3.93. The van der Waals surface area contributed by atoms with E-state index in [1.165, 1.54) is 42.1 Å². The molecule has 3 aromatic rings. The summed E-state index contributed by atoms with van der Waals surface area (Å²) < 4.78 is 29.7. The third-order valence-corrected chi connectivity index (χ3v) is 6.17. The summed E-state index contributed by atoms with van der Waals surface area (Å²) in [6.45, 7) is 1.53. The van der Waals surface area contributed by atoms with Crippen molar-refractivity contribution in [2.45, 2.75) is 44.2 Å². The molecule has 1 amide bonds. The highest BCUT2D eigenvalue weighted by Crippen LogP contribution is 2.50. The number of nitrogens with zero attached hydrogens (tertiary/aromatic N) is 2. The molecular formula is C24H22F2N4O3. The molecule has 9 heteroatoms. The summed E-state index contributed by atoms with van der Waals surface area (Å²) in [6, 6.07) is 6.41. The van der Waals surface area contributed by atoms with Crippen LogP contribution in [0.3, 0.4) is 0 Å². The van der Waals surface area contributed by atoms with Crippen LogP contribution in [-0.2, 0) is 5.54 Å². The molecule has 2 fully saturated rings. The number of halogens is 2. The van der Waals surface area contributed by atoms with E-state index in [0.717, 1.165) is 25.0 Å². The summed E-state index contributed by atoms with van der Waals surface area (Å²) in [5.74, 6) is -1.59. The number of anilines is 1. The molecule has 2 aliphatic rings.